The number of nitrogens with zero attached hydrogens (tertiary/aromatic N) is 1. The van der Waals surface area contributed by atoms with Gasteiger partial charge in [0.25, 0.3) is 0 Å². The Hall–Kier alpha value is -0.150. The molecule has 1 aliphatic heterocycles. The summed E-state index contributed by atoms with van der Waals surface area (Å²) >= 11 is 0. The van der Waals surface area contributed by atoms with Crippen molar-refractivity contribution < 1.29 is 4.21 Å². The van der Waals surface area contributed by atoms with Gasteiger partial charge in [-0.15, -0.1) is 0 Å². The minimum atomic E-state index is -0.842. The highest BCUT2D eigenvalue weighted by atomic mass is 32.2. The van der Waals surface area contributed by atoms with Crippen LogP contribution < -0.4 is 0 Å². The predicted octanol–water partition coefficient (Wildman–Crippen LogP) is 1.71. The zero-order chi connectivity index (χ0) is 9.19. The number of rotatable bonds is 1. The normalized spacial score (nSPS) is 22.6. The molecule has 0 aromatic heterocycles. The molecule has 1 aliphatic rings. The second-order valence-electron chi connectivity index (χ2n) is 4.01. The Bertz CT molecular complexity index is 205. The molecule has 0 saturated carbocycles. The fourth-order valence-corrected chi connectivity index (χ4v) is 2.42. The SMILES string of the molecule is CC(C)(C)S(=O)N1CC=CCC1. The highest BCUT2D eigenvalue weighted by Crippen LogP contribution is 2.17. The topological polar surface area (TPSA) is 20.3 Å². The molecule has 0 bridgehead atoms. The van der Waals surface area contributed by atoms with Gasteiger partial charge in [-0.1, -0.05) is 12.2 Å². The summed E-state index contributed by atoms with van der Waals surface area (Å²) < 4.78 is 13.7. The lowest BCUT2D eigenvalue weighted by Gasteiger charge is -2.29. The molecule has 1 unspecified atom stereocenters. The molecule has 0 amide bonds. The maximum absolute atomic E-state index is 11.8. The molecule has 1 rings (SSSR count). The second-order valence-corrected chi connectivity index (χ2v) is 6.25. The van der Waals surface area contributed by atoms with E-state index >= 15 is 0 Å². The standard InChI is InChI=1S/C9H17NOS/c1-9(2,3)12(11)10-7-5-4-6-8-10/h4-5H,6-8H2,1-3H3. The molecule has 0 radical (unpaired) electrons. The van der Waals surface area contributed by atoms with Gasteiger partial charge in [-0.2, -0.15) is 0 Å². The zero-order valence-corrected chi connectivity index (χ0v) is 8.86. The first kappa shape index (κ1) is 9.93. The molecular weight excluding hydrogens is 170 g/mol. The van der Waals surface area contributed by atoms with Crippen LogP contribution in [0.25, 0.3) is 0 Å². The summed E-state index contributed by atoms with van der Waals surface area (Å²) in [4.78, 5) is 0. The van der Waals surface area contributed by atoms with E-state index in [1.807, 2.05) is 25.1 Å². The van der Waals surface area contributed by atoms with Crippen molar-refractivity contribution in [3.63, 3.8) is 0 Å². The Morgan fingerprint density at radius 3 is 2.42 bits per heavy atom. The second kappa shape index (κ2) is 3.71. The van der Waals surface area contributed by atoms with E-state index in [1.165, 1.54) is 0 Å². The molecular formula is C9H17NOS. The van der Waals surface area contributed by atoms with E-state index in [0.717, 1.165) is 19.5 Å². The molecule has 0 fully saturated rings. The molecule has 0 aromatic rings. The van der Waals surface area contributed by atoms with Crippen LogP contribution in [-0.2, 0) is 11.0 Å². The van der Waals surface area contributed by atoms with Gasteiger partial charge in [-0.25, -0.2) is 8.51 Å². The Morgan fingerprint density at radius 1 is 1.33 bits per heavy atom. The monoisotopic (exact) mass is 187 g/mol. The Kier molecular flexibility index (Phi) is 3.07. The fraction of sp³-hybridized carbons (Fsp3) is 0.778. The van der Waals surface area contributed by atoms with Crippen molar-refractivity contribution in [2.75, 3.05) is 13.1 Å². The smallest absolute Gasteiger partial charge is 0.1000 e. The summed E-state index contributed by atoms with van der Waals surface area (Å²) in [7, 11) is -0.842. The molecule has 1 heterocycles. The van der Waals surface area contributed by atoms with E-state index < -0.39 is 11.0 Å². The van der Waals surface area contributed by atoms with Gasteiger partial charge in [0.15, 0.2) is 0 Å². The van der Waals surface area contributed by atoms with Crippen molar-refractivity contribution in [1.29, 1.82) is 0 Å². The zero-order valence-electron chi connectivity index (χ0n) is 8.04. The predicted molar refractivity (Wildman–Crippen MR) is 53.2 cm³/mol. The Labute approximate surface area is 77.2 Å². The van der Waals surface area contributed by atoms with Crippen LogP contribution in [-0.4, -0.2) is 26.4 Å². The van der Waals surface area contributed by atoms with E-state index in [9.17, 15) is 4.21 Å². The van der Waals surface area contributed by atoms with Crippen molar-refractivity contribution >= 4 is 11.0 Å². The molecule has 0 N–H and O–H groups in total. The van der Waals surface area contributed by atoms with E-state index in [4.69, 9.17) is 0 Å². The van der Waals surface area contributed by atoms with Crippen molar-refractivity contribution in [3.8, 4) is 0 Å². The van der Waals surface area contributed by atoms with Gasteiger partial charge in [-0.3, -0.25) is 0 Å². The van der Waals surface area contributed by atoms with Crippen LogP contribution in [0.2, 0.25) is 0 Å². The molecule has 0 aromatic carbocycles. The maximum atomic E-state index is 11.8. The Morgan fingerprint density at radius 2 is 2.00 bits per heavy atom. The molecule has 2 nitrogen and oxygen atoms in total. The highest BCUT2D eigenvalue weighted by Gasteiger charge is 2.25. The average molecular weight is 187 g/mol. The molecule has 12 heavy (non-hydrogen) atoms. The Balaban J connectivity index is 2.59. The highest BCUT2D eigenvalue weighted by molar-refractivity contribution is 7.84. The van der Waals surface area contributed by atoms with Crippen molar-refractivity contribution in [3.05, 3.63) is 12.2 Å². The number of hydrogen-bond acceptors (Lipinski definition) is 1. The lowest BCUT2D eigenvalue weighted by molar-refractivity contribution is 0.462. The quantitative estimate of drug-likeness (QED) is 0.572. The van der Waals surface area contributed by atoms with Crippen LogP contribution in [0.5, 0.6) is 0 Å². The summed E-state index contributed by atoms with van der Waals surface area (Å²) in [5, 5.41) is 0. The van der Waals surface area contributed by atoms with E-state index in [-0.39, 0.29) is 4.75 Å². The third kappa shape index (κ3) is 2.42. The van der Waals surface area contributed by atoms with Gasteiger partial charge >= 0.3 is 0 Å². The minimum Gasteiger partial charge on any atom is -0.242 e. The van der Waals surface area contributed by atoms with Crippen molar-refractivity contribution in [2.45, 2.75) is 31.9 Å². The maximum Gasteiger partial charge on any atom is 0.1000 e. The van der Waals surface area contributed by atoms with Crippen LogP contribution >= 0.6 is 0 Å². The van der Waals surface area contributed by atoms with E-state index in [0.29, 0.717) is 0 Å². The van der Waals surface area contributed by atoms with Gasteiger partial charge < -0.3 is 0 Å². The van der Waals surface area contributed by atoms with Gasteiger partial charge in [0.1, 0.15) is 0 Å². The van der Waals surface area contributed by atoms with Crippen molar-refractivity contribution in [1.82, 2.24) is 4.31 Å². The first-order valence-electron chi connectivity index (χ1n) is 4.34. The molecule has 0 spiro atoms. The van der Waals surface area contributed by atoms with Crippen LogP contribution in [0.15, 0.2) is 12.2 Å². The third-order valence-corrected chi connectivity index (χ3v) is 3.63. The first-order chi connectivity index (χ1) is 5.52. The number of hydrogen-bond donors (Lipinski definition) is 0. The average Bonchev–Trinajstić information content (AvgIpc) is 2.03. The fourth-order valence-electron chi connectivity index (χ4n) is 1.16. The molecule has 0 aliphatic carbocycles. The lowest BCUT2D eigenvalue weighted by atomic mass is 10.3. The lowest BCUT2D eigenvalue weighted by Crippen LogP contribution is -2.39. The van der Waals surface area contributed by atoms with Crippen LogP contribution in [0, 0.1) is 0 Å². The summed E-state index contributed by atoms with van der Waals surface area (Å²) in [6.07, 6.45) is 5.27. The minimum absolute atomic E-state index is 0.120. The van der Waals surface area contributed by atoms with E-state index in [1.54, 1.807) is 0 Å². The molecule has 3 heteroatoms. The molecule has 70 valence electrons. The summed E-state index contributed by atoms with van der Waals surface area (Å²) in [6.45, 7) is 7.81. The van der Waals surface area contributed by atoms with Crippen LogP contribution in [0.1, 0.15) is 27.2 Å². The van der Waals surface area contributed by atoms with Gasteiger partial charge in [0.2, 0.25) is 0 Å². The first-order valence-corrected chi connectivity index (χ1v) is 5.44. The van der Waals surface area contributed by atoms with Gasteiger partial charge in [0.05, 0.1) is 15.7 Å². The van der Waals surface area contributed by atoms with Crippen LogP contribution in [0.3, 0.4) is 0 Å². The van der Waals surface area contributed by atoms with E-state index in [2.05, 4.69) is 12.2 Å². The molecule has 0 saturated heterocycles. The van der Waals surface area contributed by atoms with Gasteiger partial charge in [-0.05, 0) is 27.2 Å². The van der Waals surface area contributed by atoms with Gasteiger partial charge in [0, 0.05) is 13.1 Å². The van der Waals surface area contributed by atoms with Crippen molar-refractivity contribution in [2.24, 2.45) is 0 Å². The molecule has 1 atom stereocenters. The largest absolute Gasteiger partial charge is 0.242 e. The third-order valence-electron chi connectivity index (χ3n) is 1.78. The summed E-state index contributed by atoms with van der Waals surface area (Å²) in [5.74, 6) is 0. The summed E-state index contributed by atoms with van der Waals surface area (Å²) in [5.41, 5.74) is 0. The van der Waals surface area contributed by atoms with Crippen LogP contribution in [0.4, 0.5) is 0 Å². The summed E-state index contributed by atoms with van der Waals surface area (Å²) in [6, 6.07) is 0.